The van der Waals surface area contributed by atoms with E-state index in [0.29, 0.717) is 16.1 Å². The van der Waals surface area contributed by atoms with Crippen LogP contribution in [0.15, 0.2) is 52.9 Å². The summed E-state index contributed by atoms with van der Waals surface area (Å²) in [6.45, 7) is 0. The van der Waals surface area contributed by atoms with E-state index in [1.165, 1.54) is 24.3 Å². The largest absolute Gasteiger partial charge is 0.403 e. The third-order valence-corrected chi connectivity index (χ3v) is 3.10. The quantitative estimate of drug-likeness (QED) is 0.798. The van der Waals surface area contributed by atoms with E-state index < -0.39 is 5.91 Å². The van der Waals surface area contributed by atoms with Crippen molar-refractivity contribution >= 4 is 23.5 Å². The Morgan fingerprint density at radius 1 is 1.05 bits per heavy atom. The van der Waals surface area contributed by atoms with E-state index in [9.17, 15) is 9.18 Å². The van der Waals surface area contributed by atoms with Crippen LogP contribution in [0.3, 0.4) is 0 Å². The number of aromatic nitrogens is 2. The van der Waals surface area contributed by atoms with E-state index in [1.54, 1.807) is 24.3 Å². The predicted molar refractivity (Wildman–Crippen MR) is 79.1 cm³/mol. The number of rotatable bonds is 3. The molecule has 0 saturated carbocycles. The van der Waals surface area contributed by atoms with Crippen LogP contribution in [0.4, 0.5) is 10.4 Å². The maximum Gasteiger partial charge on any atom is 0.322 e. The van der Waals surface area contributed by atoms with Crippen LogP contribution in [0.2, 0.25) is 5.02 Å². The van der Waals surface area contributed by atoms with Gasteiger partial charge in [-0.2, -0.15) is 0 Å². The standard InChI is InChI=1S/C15H9ClFN3O2/c16-11-5-1-9(2-6-11)13(21)18-15-20-19-14(22-15)10-3-7-12(17)8-4-10/h1-8H,(H,18,20,21). The fraction of sp³-hybridized carbons (Fsp3) is 0. The number of benzene rings is 2. The van der Waals surface area contributed by atoms with Crippen LogP contribution in [0.5, 0.6) is 0 Å². The molecule has 1 N–H and O–H groups in total. The lowest BCUT2D eigenvalue weighted by atomic mass is 10.2. The molecule has 0 saturated heterocycles. The van der Waals surface area contributed by atoms with E-state index >= 15 is 0 Å². The number of halogens is 2. The minimum Gasteiger partial charge on any atom is -0.403 e. The SMILES string of the molecule is O=C(Nc1nnc(-c2ccc(F)cc2)o1)c1ccc(Cl)cc1. The number of carbonyl (C=O) groups is 1. The molecule has 0 aliphatic rings. The van der Waals surface area contributed by atoms with Gasteiger partial charge in [-0.25, -0.2) is 4.39 Å². The summed E-state index contributed by atoms with van der Waals surface area (Å²) in [5.74, 6) is -0.572. The maximum absolute atomic E-state index is 12.9. The minimum absolute atomic E-state index is 0.0423. The number of carbonyl (C=O) groups excluding carboxylic acids is 1. The van der Waals surface area contributed by atoms with Crippen molar-refractivity contribution in [1.82, 2.24) is 10.2 Å². The Hall–Kier alpha value is -2.73. The van der Waals surface area contributed by atoms with Crippen LogP contribution < -0.4 is 5.32 Å². The van der Waals surface area contributed by atoms with Crippen molar-refractivity contribution in [3.05, 3.63) is 64.9 Å². The van der Waals surface area contributed by atoms with E-state index in [2.05, 4.69) is 15.5 Å². The highest BCUT2D eigenvalue weighted by molar-refractivity contribution is 6.30. The average molecular weight is 318 g/mol. The molecular weight excluding hydrogens is 309 g/mol. The Morgan fingerprint density at radius 3 is 2.41 bits per heavy atom. The molecule has 5 nitrogen and oxygen atoms in total. The summed E-state index contributed by atoms with van der Waals surface area (Å²) in [7, 11) is 0. The minimum atomic E-state index is -0.397. The van der Waals surface area contributed by atoms with Crippen LogP contribution in [0.25, 0.3) is 11.5 Å². The smallest absolute Gasteiger partial charge is 0.322 e. The Balaban J connectivity index is 1.75. The van der Waals surface area contributed by atoms with Gasteiger partial charge in [-0.15, -0.1) is 5.10 Å². The first-order valence-electron chi connectivity index (χ1n) is 6.28. The van der Waals surface area contributed by atoms with Gasteiger partial charge in [-0.3, -0.25) is 10.1 Å². The Labute approximate surface area is 129 Å². The second-order valence-corrected chi connectivity index (χ2v) is 4.82. The molecule has 22 heavy (non-hydrogen) atoms. The molecule has 0 aliphatic heterocycles. The predicted octanol–water partition coefficient (Wildman–Crippen LogP) is 3.78. The van der Waals surface area contributed by atoms with Gasteiger partial charge in [0.05, 0.1) is 0 Å². The molecule has 0 fully saturated rings. The Morgan fingerprint density at radius 2 is 1.73 bits per heavy atom. The summed E-state index contributed by atoms with van der Waals surface area (Å²) < 4.78 is 18.2. The summed E-state index contributed by atoms with van der Waals surface area (Å²) in [5.41, 5.74) is 0.965. The molecule has 0 radical (unpaired) electrons. The second kappa shape index (κ2) is 5.95. The first-order chi connectivity index (χ1) is 10.6. The fourth-order valence-corrected chi connectivity index (χ4v) is 1.88. The number of anilines is 1. The topological polar surface area (TPSA) is 68.0 Å². The van der Waals surface area contributed by atoms with Crippen LogP contribution >= 0.6 is 11.6 Å². The summed E-state index contributed by atoms with van der Waals surface area (Å²) in [4.78, 5) is 12.0. The van der Waals surface area contributed by atoms with Gasteiger partial charge >= 0.3 is 6.01 Å². The molecule has 0 bridgehead atoms. The van der Waals surface area contributed by atoms with Crippen molar-refractivity contribution in [1.29, 1.82) is 0 Å². The van der Waals surface area contributed by atoms with Crippen molar-refractivity contribution in [2.75, 3.05) is 5.32 Å². The summed E-state index contributed by atoms with van der Waals surface area (Å²) >= 11 is 5.76. The second-order valence-electron chi connectivity index (χ2n) is 4.38. The highest BCUT2D eigenvalue weighted by Crippen LogP contribution is 2.20. The van der Waals surface area contributed by atoms with Gasteiger partial charge in [0.1, 0.15) is 5.82 Å². The van der Waals surface area contributed by atoms with Crippen molar-refractivity contribution < 1.29 is 13.6 Å². The molecule has 0 unspecified atom stereocenters. The van der Waals surface area contributed by atoms with Gasteiger partial charge < -0.3 is 4.42 Å². The average Bonchev–Trinajstić information content (AvgIpc) is 2.97. The van der Waals surface area contributed by atoms with E-state index in [4.69, 9.17) is 16.0 Å². The monoisotopic (exact) mass is 317 g/mol. The molecule has 0 spiro atoms. The van der Waals surface area contributed by atoms with Gasteiger partial charge in [0.2, 0.25) is 5.89 Å². The van der Waals surface area contributed by atoms with Crippen molar-refractivity contribution in [2.24, 2.45) is 0 Å². The van der Waals surface area contributed by atoms with Crippen molar-refractivity contribution in [2.45, 2.75) is 0 Å². The van der Waals surface area contributed by atoms with Gasteiger partial charge in [0.15, 0.2) is 0 Å². The molecule has 1 heterocycles. The summed E-state index contributed by atoms with van der Waals surface area (Å²) in [6.07, 6.45) is 0. The molecule has 110 valence electrons. The van der Waals surface area contributed by atoms with E-state index in [-0.39, 0.29) is 17.7 Å². The Kier molecular flexibility index (Phi) is 3.84. The maximum atomic E-state index is 12.9. The zero-order chi connectivity index (χ0) is 15.5. The number of hydrogen-bond acceptors (Lipinski definition) is 4. The van der Waals surface area contributed by atoms with Crippen LogP contribution in [-0.4, -0.2) is 16.1 Å². The lowest BCUT2D eigenvalue weighted by Crippen LogP contribution is -2.11. The number of amides is 1. The first kappa shape index (κ1) is 14.2. The summed E-state index contributed by atoms with van der Waals surface area (Å²) in [6, 6.07) is 11.9. The third kappa shape index (κ3) is 3.12. The molecule has 1 aromatic heterocycles. The van der Waals surface area contributed by atoms with Gasteiger partial charge in [0.25, 0.3) is 5.91 Å². The van der Waals surface area contributed by atoms with E-state index in [0.717, 1.165) is 0 Å². The zero-order valence-corrected chi connectivity index (χ0v) is 11.8. The zero-order valence-electron chi connectivity index (χ0n) is 11.1. The Bertz CT molecular complexity index is 800. The third-order valence-electron chi connectivity index (χ3n) is 2.84. The number of hydrogen-bond donors (Lipinski definition) is 1. The number of nitrogens with one attached hydrogen (secondary N) is 1. The first-order valence-corrected chi connectivity index (χ1v) is 6.66. The molecule has 0 aliphatic carbocycles. The van der Waals surface area contributed by atoms with Crippen LogP contribution in [0, 0.1) is 5.82 Å². The fourth-order valence-electron chi connectivity index (χ4n) is 1.75. The highest BCUT2D eigenvalue weighted by Gasteiger charge is 2.12. The normalized spacial score (nSPS) is 10.5. The van der Waals surface area contributed by atoms with Crippen LogP contribution in [0.1, 0.15) is 10.4 Å². The van der Waals surface area contributed by atoms with E-state index in [1.807, 2.05) is 0 Å². The van der Waals surface area contributed by atoms with Gasteiger partial charge in [-0.1, -0.05) is 16.7 Å². The molecular formula is C15H9ClFN3O2. The molecule has 3 rings (SSSR count). The molecule has 1 amide bonds. The van der Waals surface area contributed by atoms with Crippen molar-refractivity contribution in [3.8, 4) is 11.5 Å². The number of nitrogens with zero attached hydrogens (tertiary/aromatic N) is 2. The lowest BCUT2D eigenvalue weighted by molar-refractivity contribution is 0.102. The molecule has 2 aromatic carbocycles. The lowest BCUT2D eigenvalue weighted by Gasteiger charge is -2.00. The molecule has 3 aromatic rings. The van der Waals surface area contributed by atoms with Crippen LogP contribution in [-0.2, 0) is 0 Å². The molecule has 0 atom stereocenters. The molecule has 7 heteroatoms. The van der Waals surface area contributed by atoms with Gasteiger partial charge in [-0.05, 0) is 48.5 Å². The summed E-state index contributed by atoms with van der Waals surface area (Å²) in [5, 5.41) is 10.5. The van der Waals surface area contributed by atoms with Gasteiger partial charge in [0, 0.05) is 16.1 Å². The highest BCUT2D eigenvalue weighted by atomic mass is 35.5. The van der Waals surface area contributed by atoms with Crippen molar-refractivity contribution in [3.63, 3.8) is 0 Å².